The maximum Gasteiger partial charge on any atom is 0.416 e. The highest BCUT2D eigenvalue weighted by molar-refractivity contribution is 5.95. The van der Waals surface area contributed by atoms with E-state index in [0.29, 0.717) is 31.9 Å². The number of carbonyl (C=O) groups excluding carboxylic acids is 1. The zero-order valence-corrected chi connectivity index (χ0v) is 22.9. The minimum atomic E-state index is -4.69. The molecule has 8 heteroatoms. The highest BCUT2D eigenvalue weighted by Gasteiger charge is 2.39. The average molecular weight is 552 g/mol. The summed E-state index contributed by atoms with van der Waals surface area (Å²) in [4.78, 5) is 21.2. The molecule has 0 bridgehead atoms. The van der Waals surface area contributed by atoms with Crippen molar-refractivity contribution in [3.05, 3.63) is 107 Å². The predicted molar refractivity (Wildman–Crippen MR) is 149 cm³/mol. The van der Waals surface area contributed by atoms with Crippen molar-refractivity contribution < 1.29 is 22.4 Å². The quantitative estimate of drug-likeness (QED) is 0.239. The lowest BCUT2D eigenvalue weighted by Crippen LogP contribution is -2.44. The molecule has 1 amide bonds. The molecular weight excluding hydrogens is 518 g/mol. The van der Waals surface area contributed by atoms with Crippen LogP contribution in [0.15, 0.2) is 72.8 Å². The van der Waals surface area contributed by atoms with Crippen molar-refractivity contribution in [1.82, 2.24) is 14.8 Å². The Morgan fingerprint density at radius 3 is 2.35 bits per heavy atom. The number of hydrogen-bond donors (Lipinski definition) is 1. The fraction of sp³-hybridized carbons (Fsp3) is 0.344. The number of alkyl halides is 3. The molecule has 1 aliphatic rings. The van der Waals surface area contributed by atoms with E-state index in [2.05, 4.69) is 35.0 Å². The number of nitrogens with zero attached hydrogens (tertiary/aromatic N) is 2. The van der Waals surface area contributed by atoms with Gasteiger partial charge in [0, 0.05) is 28.7 Å². The molecule has 2 heterocycles. The fourth-order valence-electron chi connectivity index (χ4n) is 6.33. The van der Waals surface area contributed by atoms with E-state index in [1.165, 1.54) is 5.56 Å². The van der Waals surface area contributed by atoms with Crippen molar-refractivity contribution in [3.63, 3.8) is 0 Å². The molecule has 2 atom stereocenters. The zero-order valence-electron chi connectivity index (χ0n) is 22.9. The van der Waals surface area contributed by atoms with Crippen molar-refractivity contribution in [2.45, 2.75) is 50.4 Å². The minimum absolute atomic E-state index is 0.306. The molecule has 0 aliphatic carbocycles. The van der Waals surface area contributed by atoms with Gasteiger partial charge in [-0.15, -0.1) is 0 Å². The van der Waals surface area contributed by atoms with Gasteiger partial charge in [-0.1, -0.05) is 55.5 Å². The van der Waals surface area contributed by atoms with E-state index in [1.54, 1.807) is 4.90 Å². The standard InChI is InChI=1S/C32H33F4N3O/c1-4-31(38(2)3,21-10-6-5-7-11-21)18-16-28-29-24(23-12-8-9-13-27(23)37-29)17-19-39(28)30(40)25-15-14-22(20-26(25)33)32(34,35)36/h5-15,20,28,37H,4,16-19H2,1-3H3. The second-order valence-corrected chi connectivity index (χ2v) is 10.7. The summed E-state index contributed by atoms with van der Waals surface area (Å²) < 4.78 is 54.5. The number of hydrogen-bond acceptors (Lipinski definition) is 2. The summed E-state index contributed by atoms with van der Waals surface area (Å²) in [6.45, 7) is 2.48. The highest BCUT2D eigenvalue weighted by atomic mass is 19.4. The first-order valence-corrected chi connectivity index (χ1v) is 13.6. The third-order valence-corrected chi connectivity index (χ3v) is 8.53. The summed E-state index contributed by atoms with van der Waals surface area (Å²) in [6, 6.07) is 19.9. The van der Waals surface area contributed by atoms with E-state index >= 15 is 0 Å². The second kappa shape index (κ2) is 10.7. The van der Waals surface area contributed by atoms with Gasteiger partial charge in [-0.25, -0.2) is 4.39 Å². The molecule has 2 unspecified atom stereocenters. The van der Waals surface area contributed by atoms with Crippen LogP contribution in [0.5, 0.6) is 0 Å². The molecule has 210 valence electrons. The third kappa shape index (κ3) is 4.89. The molecule has 0 saturated carbocycles. The number of halogens is 4. The SMILES string of the molecule is CCC(CCC1c2[nH]c3ccccc3c2CCN1C(=O)c1ccc(C(F)(F)F)cc1F)(c1ccccc1)N(C)C. The van der Waals surface area contributed by atoms with Crippen LogP contribution in [0.2, 0.25) is 0 Å². The summed E-state index contributed by atoms with van der Waals surface area (Å²) in [6.07, 6.45) is -2.01. The van der Waals surface area contributed by atoms with E-state index in [-0.39, 0.29) is 11.1 Å². The lowest BCUT2D eigenvalue weighted by atomic mass is 9.79. The van der Waals surface area contributed by atoms with Gasteiger partial charge < -0.3 is 9.88 Å². The number of rotatable bonds is 7. The van der Waals surface area contributed by atoms with Gasteiger partial charge in [0.1, 0.15) is 5.82 Å². The molecule has 0 saturated heterocycles. The molecule has 4 nitrogen and oxygen atoms in total. The average Bonchev–Trinajstić information content (AvgIpc) is 3.32. The van der Waals surface area contributed by atoms with Crippen molar-refractivity contribution >= 4 is 16.8 Å². The lowest BCUT2D eigenvalue weighted by Gasteiger charge is -2.43. The van der Waals surface area contributed by atoms with Crippen LogP contribution in [0.1, 0.15) is 65.0 Å². The van der Waals surface area contributed by atoms with Gasteiger partial charge in [0.25, 0.3) is 5.91 Å². The number of amides is 1. The molecule has 4 aromatic rings. The summed E-state index contributed by atoms with van der Waals surface area (Å²) >= 11 is 0. The molecule has 0 radical (unpaired) electrons. The maximum absolute atomic E-state index is 15.0. The number of aromatic amines is 1. The van der Waals surface area contributed by atoms with E-state index in [9.17, 15) is 22.4 Å². The molecule has 40 heavy (non-hydrogen) atoms. The van der Waals surface area contributed by atoms with Crippen LogP contribution < -0.4 is 0 Å². The highest BCUT2D eigenvalue weighted by Crippen LogP contribution is 2.43. The summed E-state index contributed by atoms with van der Waals surface area (Å²) in [5.41, 5.74) is 2.39. The third-order valence-electron chi connectivity index (χ3n) is 8.53. The van der Waals surface area contributed by atoms with Gasteiger partial charge in [0.05, 0.1) is 17.2 Å². The van der Waals surface area contributed by atoms with Crippen molar-refractivity contribution in [3.8, 4) is 0 Å². The van der Waals surface area contributed by atoms with Gasteiger partial charge in [-0.05, 0) is 75.2 Å². The predicted octanol–water partition coefficient (Wildman–Crippen LogP) is 7.71. The Morgan fingerprint density at radius 1 is 1.00 bits per heavy atom. The van der Waals surface area contributed by atoms with Crippen molar-refractivity contribution in [2.75, 3.05) is 20.6 Å². The van der Waals surface area contributed by atoms with Crippen LogP contribution in [0, 0.1) is 5.82 Å². The number of benzene rings is 3. The summed E-state index contributed by atoms with van der Waals surface area (Å²) in [5.74, 6) is -1.77. The lowest BCUT2D eigenvalue weighted by molar-refractivity contribution is -0.137. The van der Waals surface area contributed by atoms with E-state index in [1.807, 2.05) is 50.5 Å². The van der Waals surface area contributed by atoms with Crippen LogP contribution in [0.25, 0.3) is 10.9 Å². The first-order valence-electron chi connectivity index (χ1n) is 13.6. The largest absolute Gasteiger partial charge is 0.416 e. The smallest absolute Gasteiger partial charge is 0.356 e. The second-order valence-electron chi connectivity index (χ2n) is 10.7. The molecule has 0 spiro atoms. The molecular formula is C32H33F4N3O. The normalized spacial score (nSPS) is 17.2. The molecule has 5 rings (SSSR count). The van der Waals surface area contributed by atoms with Gasteiger partial charge in [-0.2, -0.15) is 13.2 Å². The van der Waals surface area contributed by atoms with Crippen molar-refractivity contribution in [2.24, 2.45) is 0 Å². The summed E-state index contributed by atoms with van der Waals surface area (Å²) in [7, 11) is 4.10. The Kier molecular flexibility index (Phi) is 7.48. The van der Waals surface area contributed by atoms with Crippen LogP contribution in [0.3, 0.4) is 0 Å². The molecule has 1 aromatic heterocycles. The monoisotopic (exact) mass is 551 g/mol. The number of H-pyrrole nitrogens is 1. The number of para-hydroxylation sites is 1. The van der Waals surface area contributed by atoms with Crippen LogP contribution in [-0.2, 0) is 18.1 Å². The summed E-state index contributed by atoms with van der Waals surface area (Å²) in [5, 5.41) is 1.09. The molecule has 1 N–H and O–H groups in total. The van der Waals surface area contributed by atoms with E-state index in [0.717, 1.165) is 40.7 Å². The number of aromatic nitrogens is 1. The first kappa shape index (κ1) is 27.9. The Hall–Kier alpha value is -3.65. The van der Waals surface area contributed by atoms with Crippen LogP contribution in [0.4, 0.5) is 17.6 Å². The maximum atomic E-state index is 15.0. The Balaban J connectivity index is 1.55. The zero-order chi connectivity index (χ0) is 28.7. The van der Waals surface area contributed by atoms with E-state index in [4.69, 9.17) is 0 Å². The molecule has 1 aliphatic heterocycles. The van der Waals surface area contributed by atoms with Gasteiger partial charge >= 0.3 is 6.18 Å². The van der Waals surface area contributed by atoms with Crippen molar-refractivity contribution in [1.29, 1.82) is 0 Å². The number of carbonyl (C=O) groups is 1. The Labute approximate surface area is 231 Å². The number of fused-ring (bicyclic) bond motifs is 3. The van der Waals surface area contributed by atoms with Gasteiger partial charge in [0.2, 0.25) is 0 Å². The van der Waals surface area contributed by atoms with Gasteiger partial charge in [0.15, 0.2) is 0 Å². The van der Waals surface area contributed by atoms with E-state index < -0.39 is 29.5 Å². The number of nitrogens with one attached hydrogen (secondary N) is 1. The minimum Gasteiger partial charge on any atom is -0.356 e. The topological polar surface area (TPSA) is 39.3 Å². The Morgan fingerprint density at radius 2 is 1.70 bits per heavy atom. The first-order chi connectivity index (χ1) is 19.1. The Bertz CT molecular complexity index is 1510. The molecule has 0 fully saturated rings. The van der Waals surface area contributed by atoms with Crippen LogP contribution >= 0.6 is 0 Å². The van der Waals surface area contributed by atoms with Crippen LogP contribution in [-0.4, -0.2) is 41.3 Å². The molecule has 3 aromatic carbocycles. The fourth-order valence-corrected chi connectivity index (χ4v) is 6.33. The van der Waals surface area contributed by atoms with Gasteiger partial charge in [-0.3, -0.25) is 9.69 Å².